The number of hydrogen-bond donors (Lipinski definition) is 0. The van der Waals surface area contributed by atoms with E-state index in [9.17, 15) is 0 Å². The van der Waals surface area contributed by atoms with Crippen molar-refractivity contribution in [3.05, 3.63) is 29.4 Å². The molecule has 0 amide bonds. The van der Waals surface area contributed by atoms with Crippen molar-refractivity contribution in [3.8, 4) is 0 Å². The molecule has 0 saturated heterocycles. The van der Waals surface area contributed by atoms with Gasteiger partial charge >= 0.3 is 0 Å². The SMILES string of the molecule is C/C=C/c1nc(C)cc(C)n1. The second-order valence-corrected chi connectivity index (χ2v) is 2.51. The topological polar surface area (TPSA) is 25.8 Å². The Morgan fingerprint density at radius 3 is 2.18 bits per heavy atom. The Bertz CT molecular complexity index is 257. The summed E-state index contributed by atoms with van der Waals surface area (Å²) in [4.78, 5) is 8.45. The van der Waals surface area contributed by atoms with Gasteiger partial charge in [0.25, 0.3) is 0 Å². The molecule has 1 aromatic heterocycles. The smallest absolute Gasteiger partial charge is 0.152 e. The lowest BCUT2D eigenvalue weighted by Gasteiger charge is -1.96. The Labute approximate surface area is 67.0 Å². The van der Waals surface area contributed by atoms with Crippen LogP contribution in [0.3, 0.4) is 0 Å². The first-order chi connectivity index (χ1) is 5.22. The van der Waals surface area contributed by atoms with E-state index in [2.05, 4.69) is 9.97 Å². The Kier molecular flexibility index (Phi) is 2.36. The van der Waals surface area contributed by atoms with Crippen LogP contribution in [0.25, 0.3) is 6.08 Å². The Balaban J connectivity index is 3.08. The molecule has 1 rings (SSSR count). The van der Waals surface area contributed by atoms with Crippen LogP contribution < -0.4 is 0 Å². The van der Waals surface area contributed by atoms with Crippen LogP contribution in [0, 0.1) is 13.8 Å². The molecule has 11 heavy (non-hydrogen) atoms. The Hall–Kier alpha value is -1.18. The van der Waals surface area contributed by atoms with Gasteiger partial charge in [0.05, 0.1) is 0 Å². The van der Waals surface area contributed by atoms with E-state index >= 15 is 0 Å². The van der Waals surface area contributed by atoms with E-state index in [1.54, 1.807) is 0 Å². The maximum atomic E-state index is 4.23. The number of allylic oxidation sites excluding steroid dienone is 1. The zero-order valence-electron chi connectivity index (χ0n) is 7.13. The molecule has 58 valence electrons. The third-order valence-electron chi connectivity index (χ3n) is 1.32. The minimum Gasteiger partial charge on any atom is -0.234 e. The summed E-state index contributed by atoms with van der Waals surface area (Å²) in [6.45, 7) is 5.91. The average molecular weight is 148 g/mol. The normalized spacial score (nSPS) is 10.8. The monoisotopic (exact) mass is 148 g/mol. The summed E-state index contributed by atoms with van der Waals surface area (Å²) in [5, 5.41) is 0. The quantitative estimate of drug-likeness (QED) is 0.609. The molecule has 0 N–H and O–H groups in total. The summed E-state index contributed by atoms with van der Waals surface area (Å²) in [7, 11) is 0. The lowest BCUT2D eigenvalue weighted by molar-refractivity contribution is 1.03. The molecule has 0 atom stereocenters. The van der Waals surface area contributed by atoms with Crippen LogP contribution >= 0.6 is 0 Å². The van der Waals surface area contributed by atoms with Crippen LogP contribution in [0.2, 0.25) is 0 Å². The molecule has 1 heterocycles. The number of rotatable bonds is 1. The van der Waals surface area contributed by atoms with Crippen LogP contribution in [0.5, 0.6) is 0 Å². The van der Waals surface area contributed by atoms with E-state index in [-0.39, 0.29) is 0 Å². The van der Waals surface area contributed by atoms with Crippen LogP contribution in [0.15, 0.2) is 12.1 Å². The van der Waals surface area contributed by atoms with Gasteiger partial charge in [-0.3, -0.25) is 0 Å². The summed E-state index contributed by atoms with van der Waals surface area (Å²) in [6, 6.07) is 1.97. The van der Waals surface area contributed by atoms with Gasteiger partial charge < -0.3 is 0 Å². The van der Waals surface area contributed by atoms with Crippen LogP contribution in [0.1, 0.15) is 24.1 Å². The van der Waals surface area contributed by atoms with Gasteiger partial charge in [0.1, 0.15) is 0 Å². The lowest BCUT2D eigenvalue weighted by atomic mass is 10.3. The van der Waals surface area contributed by atoms with E-state index in [1.165, 1.54) is 0 Å². The molecule has 1 aromatic rings. The first-order valence-corrected chi connectivity index (χ1v) is 3.67. The highest BCUT2D eigenvalue weighted by molar-refractivity contribution is 5.39. The van der Waals surface area contributed by atoms with Crippen molar-refractivity contribution in [2.24, 2.45) is 0 Å². The van der Waals surface area contributed by atoms with Crippen molar-refractivity contribution in [2.45, 2.75) is 20.8 Å². The first-order valence-electron chi connectivity index (χ1n) is 3.67. The molecule has 0 aromatic carbocycles. The average Bonchev–Trinajstić information content (AvgIpc) is 1.85. The van der Waals surface area contributed by atoms with Crippen LogP contribution in [0.4, 0.5) is 0 Å². The zero-order chi connectivity index (χ0) is 8.27. The van der Waals surface area contributed by atoms with Gasteiger partial charge in [0.2, 0.25) is 0 Å². The van der Waals surface area contributed by atoms with Crippen LogP contribution in [-0.2, 0) is 0 Å². The third kappa shape index (κ3) is 2.15. The standard InChI is InChI=1S/C9H12N2/c1-4-5-9-10-7(2)6-8(3)11-9/h4-6H,1-3H3/b5-4+. The van der Waals surface area contributed by atoms with E-state index in [0.717, 1.165) is 17.2 Å². The molecule has 0 unspecified atom stereocenters. The summed E-state index contributed by atoms with van der Waals surface area (Å²) < 4.78 is 0. The highest BCUT2D eigenvalue weighted by Crippen LogP contribution is 2.00. The van der Waals surface area contributed by atoms with Crippen molar-refractivity contribution < 1.29 is 0 Å². The molecule has 2 nitrogen and oxygen atoms in total. The number of hydrogen-bond acceptors (Lipinski definition) is 2. The molecule has 0 aliphatic carbocycles. The molecule has 2 heteroatoms. The van der Waals surface area contributed by atoms with E-state index in [4.69, 9.17) is 0 Å². The molecule has 0 fully saturated rings. The van der Waals surface area contributed by atoms with Crippen molar-refractivity contribution in [1.29, 1.82) is 0 Å². The number of nitrogens with zero attached hydrogens (tertiary/aromatic N) is 2. The van der Waals surface area contributed by atoms with E-state index < -0.39 is 0 Å². The molecule has 0 aliphatic rings. The predicted molar refractivity (Wildman–Crippen MR) is 46.2 cm³/mol. The minimum atomic E-state index is 0.796. The van der Waals surface area contributed by atoms with Crippen molar-refractivity contribution in [2.75, 3.05) is 0 Å². The van der Waals surface area contributed by atoms with Crippen molar-refractivity contribution in [1.82, 2.24) is 9.97 Å². The second kappa shape index (κ2) is 3.28. The van der Waals surface area contributed by atoms with Gasteiger partial charge in [-0.05, 0) is 32.9 Å². The second-order valence-electron chi connectivity index (χ2n) is 2.51. The maximum Gasteiger partial charge on any atom is 0.152 e. The van der Waals surface area contributed by atoms with Gasteiger partial charge in [-0.25, -0.2) is 9.97 Å². The largest absolute Gasteiger partial charge is 0.234 e. The first kappa shape index (κ1) is 7.92. The zero-order valence-corrected chi connectivity index (χ0v) is 7.13. The van der Waals surface area contributed by atoms with Gasteiger partial charge in [-0.1, -0.05) is 6.08 Å². The predicted octanol–water partition coefficient (Wildman–Crippen LogP) is 2.13. The third-order valence-corrected chi connectivity index (χ3v) is 1.32. The molecule has 0 bridgehead atoms. The van der Waals surface area contributed by atoms with Crippen molar-refractivity contribution >= 4 is 6.08 Å². The molecule has 0 saturated carbocycles. The molecular formula is C9H12N2. The van der Waals surface area contributed by atoms with Gasteiger partial charge in [-0.2, -0.15) is 0 Å². The Morgan fingerprint density at radius 1 is 1.18 bits per heavy atom. The van der Waals surface area contributed by atoms with Crippen LogP contribution in [-0.4, -0.2) is 9.97 Å². The lowest BCUT2D eigenvalue weighted by Crippen LogP contribution is -1.92. The fraction of sp³-hybridized carbons (Fsp3) is 0.333. The fourth-order valence-electron chi connectivity index (χ4n) is 0.977. The summed E-state index contributed by atoms with van der Waals surface area (Å²) >= 11 is 0. The molecule has 0 radical (unpaired) electrons. The van der Waals surface area contributed by atoms with Crippen molar-refractivity contribution in [3.63, 3.8) is 0 Å². The van der Waals surface area contributed by atoms with Gasteiger partial charge in [0, 0.05) is 11.4 Å². The van der Waals surface area contributed by atoms with E-state index in [1.807, 2.05) is 39.0 Å². The molecular weight excluding hydrogens is 136 g/mol. The summed E-state index contributed by atoms with van der Waals surface area (Å²) in [5.74, 6) is 0.796. The number of aromatic nitrogens is 2. The minimum absolute atomic E-state index is 0.796. The highest BCUT2D eigenvalue weighted by atomic mass is 14.9. The number of aryl methyl sites for hydroxylation is 2. The summed E-state index contributed by atoms with van der Waals surface area (Å²) in [6.07, 6.45) is 3.84. The highest BCUT2D eigenvalue weighted by Gasteiger charge is 1.93. The van der Waals surface area contributed by atoms with Gasteiger partial charge in [-0.15, -0.1) is 0 Å². The summed E-state index contributed by atoms with van der Waals surface area (Å²) in [5.41, 5.74) is 2.04. The molecule has 0 spiro atoms. The van der Waals surface area contributed by atoms with Gasteiger partial charge in [0.15, 0.2) is 5.82 Å². The maximum absolute atomic E-state index is 4.23. The molecule has 0 aliphatic heterocycles. The Morgan fingerprint density at radius 2 is 1.73 bits per heavy atom. The van der Waals surface area contributed by atoms with E-state index in [0.29, 0.717) is 0 Å². The fourth-order valence-corrected chi connectivity index (χ4v) is 0.977.